The molecule has 5 rings (SSSR count). The van der Waals surface area contributed by atoms with Crippen molar-refractivity contribution < 1.29 is 32.8 Å². The number of aromatic nitrogens is 2. The van der Waals surface area contributed by atoms with E-state index in [1.54, 1.807) is 20.8 Å². The van der Waals surface area contributed by atoms with Crippen molar-refractivity contribution >= 4 is 26.2 Å². The Labute approximate surface area is 253 Å². The first-order chi connectivity index (χ1) is 20.4. The van der Waals surface area contributed by atoms with Crippen LogP contribution in [0.4, 0.5) is 5.82 Å². The van der Waals surface area contributed by atoms with Gasteiger partial charge in [-0.1, -0.05) is 37.3 Å². The van der Waals surface area contributed by atoms with Gasteiger partial charge in [0.15, 0.2) is 13.0 Å². The van der Waals surface area contributed by atoms with Crippen LogP contribution >= 0.6 is 8.53 Å². The first-order valence-corrected chi connectivity index (χ1v) is 15.8. The Bertz CT molecular complexity index is 1370. The maximum absolute atomic E-state index is 13.1. The lowest BCUT2D eigenvalue weighted by Crippen LogP contribution is -2.40. The molecule has 1 unspecified atom stereocenters. The van der Waals surface area contributed by atoms with Crippen LogP contribution in [0.25, 0.3) is 0 Å². The number of nitrogens with zero attached hydrogens (tertiary/aromatic N) is 3. The lowest BCUT2D eigenvalue weighted by atomic mass is 9.87. The minimum Gasteiger partial charge on any atom is -0.438 e. The van der Waals surface area contributed by atoms with Crippen LogP contribution in [0.2, 0.25) is 0 Å². The van der Waals surface area contributed by atoms with Gasteiger partial charge in [-0.15, -0.1) is 0 Å². The third-order valence-electron chi connectivity index (χ3n) is 8.06. The average molecular weight is 617 g/mol. The number of carbonyl (C=O) groups is 2. The molecular formula is C30H41N4O8P. The third-order valence-corrected chi connectivity index (χ3v) is 9.91. The second-order valence-corrected chi connectivity index (χ2v) is 13.7. The Morgan fingerprint density at radius 1 is 1.19 bits per heavy atom. The summed E-state index contributed by atoms with van der Waals surface area (Å²) < 4.78 is 35.2. The number of rotatable bonds is 9. The van der Waals surface area contributed by atoms with Gasteiger partial charge in [0, 0.05) is 19.7 Å². The van der Waals surface area contributed by atoms with Crippen LogP contribution in [0.3, 0.4) is 0 Å². The topological polar surface area (TPSA) is 130 Å². The second-order valence-electron chi connectivity index (χ2n) is 12.3. The molecule has 0 spiro atoms. The summed E-state index contributed by atoms with van der Waals surface area (Å²) in [6, 6.07) is 11.8. The van der Waals surface area contributed by atoms with Crippen LogP contribution in [0.15, 0.2) is 47.4 Å². The van der Waals surface area contributed by atoms with Crippen LogP contribution in [0.1, 0.15) is 72.6 Å². The molecule has 234 valence electrons. The van der Waals surface area contributed by atoms with Crippen molar-refractivity contribution in [2.75, 3.05) is 18.7 Å². The maximum Gasteiger partial charge on any atom is 0.351 e. The van der Waals surface area contributed by atoms with Gasteiger partial charge in [0.25, 0.3) is 8.53 Å². The molecule has 2 aromatic rings. The Morgan fingerprint density at radius 2 is 1.93 bits per heavy atom. The number of hydrogen-bond acceptors (Lipinski definition) is 10. The number of amides is 1. The Kier molecular flexibility index (Phi) is 9.37. The van der Waals surface area contributed by atoms with Gasteiger partial charge in [0.1, 0.15) is 23.6 Å². The van der Waals surface area contributed by atoms with E-state index in [-0.39, 0.29) is 24.6 Å². The highest BCUT2D eigenvalue weighted by Crippen LogP contribution is 2.64. The normalized spacial score (nSPS) is 30.7. The van der Waals surface area contributed by atoms with Gasteiger partial charge in [-0.25, -0.2) is 9.46 Å². The van der Waals surface area contributed by atoms with Gasteiger partial charge in [-0.05, 0) is 58.6 Å². The minimum absolute atomic E-state index is 0.131. The number of benzene rings is 1. The fraction of sp³-hybridized carbons (Fsp3) is 0.600. The van der Waals surface area contributed by atoms with Crippen molar-refractivity contribution in [1.29, 1.82) is 0 Å². The van der Waals surface area contributed by atoms with E-state index >= 15 is 0 Å². The molecule has 3 aliphatic rings. The van der Waals surface area contributed by atoms with Crippen molar-refractivity contribution in [3.63, 3.8) is 0 Å². The number of nitrogens with one attached hydrogen (secondary N) is 1. The van der Waals surface area contributed by atoms with Gasteiger partial charge >= 0.3 is 11.7 Å². The highest BCUT2D eigenvalue weighted by Gasteiger charge is 2.57. The average Bonchev–Trinajstić information content (AvgIpc) is 3.64. The van der Waals surface area contributed by atoms with Crippen molar-refractivity contribution in [3.8, 4) is 0 Å². The number of fused-ring (bicyclic) bond motifs is 1. The van der Waals surface area contributed by atoms with E-state index in [0.29, 0.717) is 6.42 Å². The van der Waals surface area contributed by atoms with E-state index in [2.05, 4.69) is 34.0 Å². The van der Waals surface area contributed by atoms with E-state index in [4.69, 9.17) is 23.3 Å². The molecule has 0 saturated carbocycles. The molecule has 1 amide bonds. The molecule has 0 aliphatic carbocycles. The number of ether oxygens (including phenoxy) is 3. The van der Waals surface area contributed by atoms with E-state index < -0.39 is 55.7 Å². The molecule has 1 aromatic heterocycles. The summed E-state index contributed by atoms with van der Waals surface area (Å²) in [7, 11) is -1.51. The van der Waals surface area contributed by atoms with Gasteiger partial charge in [-0.3, -0.25) is 14.2 Å². The van der Waals surface area contributed by atoms with Crippen LogP contribution in [0, 0.1) is 5.41 Å². The van der Waals surface area contributed by atoms with Crippen LogP contribution in [-0.2, 0) is 38.4 Å². The van der Waals surface area contributed by atoms with Gasteiger partial charge in [0.05, 0.1) is 17.6 Å². The summed E-state index contributed by atoms with van der Waals surface area (Å²) in [4.78, 5) is 41.1. The molecular weight excluding hydrogens is 575 g/mol. The van der Waals surface area contributed by atoms with Crippen molar-refractivity contribution in [2.24, 2.45) is 5.41 Å². The van der Waals surface area contributed by atoms with Crippen LogP contribution in [-0.4, -0.2) is 63.8 Å². The monoisotopic (exact) mass is 616 g/mol. The first kappa shape index (κ1) is 31.7. The molecule has 12 nitrogen and oxygen atoms in total. The van der Waals surface area contributed by atoms with Gasteiger partial charge in [-0.2, -0.15) is 4.98 Å². The molecule has 43 heavy (non-hydrogen) atoms. The van der Waals surface area contributed by atoms with Crippen molar-refractivity contribution in [1.82, 2.24) is 14.2 Å². The quantitative estimate of drug-likeness (QED) is 0.245. The van der Waals surface area contributed by atoms with E-state index in [9.17, 15) is 14.4 Å². The highest BCUT2D eigenvalue weighted by atomic mass is 31.2. The first-order valence-electron chi connectivity index (χ1n) is 14.7. The van der Waals surface area contributed by atoms with Crippen molar-refractivity contribution in [2.45, 2.75) is 97.0 Å². The molecule has 1 N–H and O–H groups in total. The Balaban J connectivity index is 1.43. The highest BCUT2D eigenvalue weighted by molar-refractivity contribution is 7.45. The van der Waals surface area contributed by atoms with E-state index in [1.807, 2.05) is 25.1 Å². The summed E-state index contributed by atoms with van der Waals surface area (Å²) in [6.45, 7) is 11.2. The predicted molar refractivity (Wildman–Crippen MR) is 159 cm³/mol. The number of anilines is 1. The summed E-state index contributed by atoms with van der Waals surface area (Å²) in [5.41, 5.74) is -0.814. The predicted octanol–water partition coefficient (Wildman–Crippen LogP) is 4.46. The largest absolute Gasteiger partial charge is 0.438 e. The SMILES string of the molecule is CC[C@H]1O[C@@H](n2ccc(NC(C)=O)nc2=O)C(OCOC(=O)C(C)(C)C)[C@H]1O[P@@]1O[C@](C)(c2ccccc2)[C@@H]2CCCN21. The van der Waals surface area contributed by atoms with Gasteiger partial charge < -0.3 is 28.6 Å². The lowest BCUT2D eigenvalue weighted by Gasteiger charge is -2.30. The summed E-state index contributed by atoms with van der Waals surface area (Å²) in [5.74, 6) is -0.635. The number of hydrogen-bond donors (Lipinski definition) is 1. The fourth-order valence-corrected chi connectivity index (χ4v) is 7.94. The fourth-order valence-electron chi connectivity index (χ4n) is 5.79. The summed E-state index contributed by atoms with van der Waals surface area (Å²) in [5, 5.41) is 2.52. The molecule has 3 aliphatic heterocycles. The lowest BCUT2D eigenvalue weighted by molar-refractivity contribution is -0.178. The second kappa shape index (κ2) is 12.7. The molecule has 3 fully saturated rings. The summed E-state index contributed by atoms with van der Waals surface area (Å²) in [6.07, 6.45) is 1.22. The Morgan fingerprint density at radius 3 is 2.58 bits per heavy atom. The zero-order valence-electron chi connectivity index (χ0n) is 25.5. The molecule has 4 heterocycles. The van der Waals surface area contributed by atoms with Crippen molar-refractivity contribution in [3.05, 3.63) is 58.6 Å². The number of carbonyl (C=O) groups excluding carboxylic acids is 2. The maximum atomic E-state index is 13.1. The van der Waals surface area contributed by atoms with Crippen LogP contribution < -0.4 is 11.0 Å². The zero-order chi connectivity index (χ0) is 30.9. The number of esters is 1. The van der Waals surface area contributed by atoms with Crippen LogP contribution in [0.5, 0.6) is 0 Å². The molecule has 0 bridgehead atoms. The third kappa shape index (κ3) is 6.55. The van der Waals surface area contributed by atoms with E-state index in [0.717, 1.165) is 24.9 Å². The Hall–Kier alpha value is -2.73. The molecule has 1 aromatic carbocycles. The summed E-state index contributed by atoms with van der Waals surface area (Å²) >= 11 is 0. The molecule has 13 heteroatoms. The smallest absolute Gasteiger partial charge is 0.351 e. The molecule has 3 saturated heterocycles. The zero-order valence-corrected chi connectivity index (χ0v) is 26.4. The minimum atomic E-state index is -1.51. The van der Waals surface area contributed by atoms with E-state index in [1.165, 1.54) is 23.8 Å². The molecule has 0 radical (unpaired) electrons. The molecule has 7 atom stereocenters. The van der Waals surface area contributed by atoms with Gasteiger partial charge in [0.2, 0.25) is 5.91 Å². The standard InChI is InChI=1S/C30H41N4O8P/c1-7-21-24(41-43-34-16-11-14-22(34)30(6,42-43)20-12-9-8-10-13-20)25(38-18-39-27(36)29(3,4)5)26(40-21)33-17-15-23(31-19(2)35)32-28(33)37/h8-10,12-13,15,17,21-22,24-26H,7,11,14,16,18H2,1-6H3,(H,31,32,35,37)/t21-,22+,24+,25?,26-,30-,43+/m1/s1.